The van der Waals surface area contributed by atoms with E-state index in [-0.39, 0.29) is 18.5 Å². The predicted molar refractivity (Wildman–Crippen MR) is 61.7 cm³/mol. The van der Waals surface area contributed by atoms with E-state index in [9.17, 15) is 18.0 Å². The van der Waals surface area contributed by atoms with E-state index in [1.165, 1.54) is 17.8 Å². The van der Waals surface area contributed by atoms with Crippen LogP contribution in [0.5, 0.6) is 0 Å². The first-order valence-electron chi connectivity index (χ1n) is 5.70. The van der Waals surface area contributed by atoms with Gasteiger partial charge in [0.15, 0.2) is 5.69 Å². The van der Waals surface area contributed by atoms with Gasteiger partial charge in [-0.05, 0) is 18.9 Å². The van der Waals surface area contributed by atoms with Gasteiger partial charge < -0.3 is 5.73 Å². The van der Waals surface area contributed by atoms with Gasteiger partial charge in [0, 0.05) is 19.2 Å². The lowest BCUT2D eigenvalue weighted by Crippen LogP contribution is -2.12. The molecule has 1 rings (SSSR count). The highest BCUT2D eigenvalue weighted by Crippen LogP contribution is 2.30. The van der Waals surface area contributed by atoms with E-state index < -0.39 is 17.8 Å². The molecule has 7 heteroatoms. The Morgan fingerprint density at radius 3 is 2.39 bits per heavy atom. The largest absolute Gasteiger partial charge is 0.435 e. The smallest absolute Gasteiger partial charge is 0.370 e. The van der Waals surface area contributed by atoms with Crippen molar-refractivity contribution in [1.29, 1.82) is 0 Å². The Morgan fingerprint density at radius 1 is 1.44 bits per heavy atom. The van der Waals surface area contributed by atoms with Gasteiger partial charge in [-0.15, -0.1) is 0 Å². The van der Waals surface area contributed by atoms with Crippen LogP contribution in [0.2, 0.25) is 0 Å². The summed E-state index contributed by atoms with van der Waals surface area (Å²) in [5.41, 5.74) is 4.11. The number of nitrogens with two attached hydrogens (primary N) is 1. The number of aryl methyl sites for hydroxylation is 2. The molecule has 0 atom stereocenters. The normalized spacial score (nSPS) is 10.8. The summed E-state index contributed by atoms with van der Waals surface area (Å²) in [5.74, 6) is -0.472. The molecule has 104 valence electrons. The van der Waals surface area contributed by atoms with Crippen molar-refractivity contribution < 1.29 is 18.0 Å². The van der Waals surface area contributed by atoms with Crippen LogP contribution in [0.25, 0.3) is 0 Å². The summed E-state index contributed by atoms with van der Waals surface area (Å²) in [4.78, 5) is 10.4. The third-order valence-corrected chi connectivity index (χ3v) is 2.02. The molecule has 0 saturated heterocycles. The van der Waals surface area contributed by atoms with Crippen LogP contribution in [-0.2, 0) is 17.5 Å². The number of rotatable bonds is 4. The molecule has 0 saturated carbocycles. The van der Waals surface area contributed by atoms with Crippen molar-refractivity contribution in [3.05, 3.63) is 17.5 Å². The number of hydrogen-bond acceptors (Lipinski definition) is 2. The molecule has 1 heterocycles. The minimum Gasteiger partial charge on any atom is -0.370 e. The van der Waals surface area contributed by atoms with Crippen LogP contribution in [0.15, 0.2) is 6.20 Å². The van der Waals surface area contributed by atoms with E-state index in [2.05, 4.69) is 5.10 Å². The summed E-state index contributed by atoms with van der Waals surface area (Å²) in [6.07, 6.45) is -2.60. The van der Waals surface area contributed by atoms with Gasteiger partial charge in [-0.1, -0.05) is 13.8 Å². The van der Waals surface area contributed by atoms with E-state index >= 15 is 0 Å². The van der Waals surface area contributed by atoms with Gasteiger partial charge >= 0.3 is 6.18 Å². The highest BCUT2D eigenvalue weighted by molar-refractivity contribution is 5.73. The standard InChI is InChI=1S/C9H12F3N3O.C2H6/c1-6-5-15(4-2-3-7(13)16)14-8(6)9(10,11)12;1-2/h5H,2-4H2,1H3,(H2,13,16);1-2H3. The zero-order valence-electron chi connectivity index (χ0n) is 10.7. The van der Waals surface area contributed by atoms with Crippen LogP contribution < -0.4 is 5.73 Å². The van der Waals surface area contributed by atoms with Gasteiger partial charge in [-0.25, -0.2) is 0 Å². The average molecular weight is 265 g/mol. The Bertz CT molecular complexity index is 385. The number of hydrogen-bond donors (Lipinski definition) is 1. The molecule has 0 spiro atoms. The van der Waals surface area contributed by atoms with Gasteiger partial charge in [0.05, 0.1) is 0 Å². The number of halogens is 3. The zero-order chi connectivity index (χ0) is 14.3. The third kappa shape index (κ3) is 5.20. The number of primary amides is 1. The van der Waals surface area contributed by atoms with E-state index in [1.807, 2.05) is 13.8 Å². The minimum absolute atomic E-state index is 0.0755. The second-order valence-corrected chi connectivity index (χ2v) is 3.49. The highest BCUT2D eigenvalue weighted by Gasteiger charge is 2.35. The molecule has 0 fully saturated rings. The van der Waals surface area contributed by atoms with Crippen molar-refractivity contribution in [3.8, 4) is 0 Å². The number of alkyl halides is 3. The lowest BCUT2D eigenvalue weighted by molar-refractivity contribution is -0.142. The molecule has 0 unspecified atom stereocenters. The fourth-order valence-electron chi connectivity index (χ4n) is 1.33. The molecular formula is C11H18F3N3O. The van der Waals surface area contributed by atoms with Crippen LogP contribution in [-0.4, -0.2) is 15.7 Å². The molecule has 0 radical (unpaired) electrons. The first-order valence-corrected chi connectivity index (χ1v) is 5.70. The van der Waals surface area contributed by atoms with Crippen molar-refractivity contribution in [2.75, 3.05) is 0 Å². The second-order valence-electron chi connectivity index (χ2n) is 3.49. The SMILES string of the molecule is CC.Cc1cn(CCCC(N)=O)nc1C(F)(F)F. The van der Waals surface area contributed by atoms with Crippen molar-refractivity contribution in [3.63, 3.8) is 0 Å². The molecule has 1 aromatic rings. The maximum atomic E-state index is 12.4. The molecule has 1 amide bonds. The zero-order valence-corrected chi connectivity index (χ0v) is 10.7. The van der Waals surface area contributed by atoms with Gasteiger partial charge in [0.25, 0.3) is 0 Å². The summed E-state index contributed by atoms with van der Waals surface area (Å²) in [6.45, 7) is 5.60. The van der Waals surface area contributed by atoms with E-state index in [0.29, 0.717) is 6.42 Å². The third-order valence-electron chi connectivity index (χ3n) is 2.02. The molecule has 0 aliphatic carbocycles. The highest BCUT2D eigenvalue weighted by atomic mass is 19.4. The van der Waals surface area contributed by atoms with Crippen LogP contribution >= 0.6 is 0 Å². The summed E-state index contributed by atoms with van der Waals surface area (Å²) in [5, 5.41) is 3.42. The number of aromatic nitrogens is 2. The van der Waals surface area contributed by atoms with Gasteiger partial charge in [-0.2, -0.15) is 18.3 Å². The summed E-state index contributed by atoms with van der Waals surface area (Å²) in [7, 11) is 0. The molecule has 2 N–H and O–H groups in total. The molecule has 4 nitrogen and oxygen atoms in total. The van der Waals surface area contributed by atoms with Gasteiger partial charge in [0.1, 0.15) is 0 Å². The van der Waals surface area contributed by atoms with Crippen LogP contribution in [0.4, 0.5) is 13.2 Å². The minimum atomic E-state index is -4.43. The average Bonchev–Trinajstić information content (AvgIpc) is 2.62. The molecule has 1 aromatic heterocycles. The summed E-state index contributed by atoms with van der Waals surface area (Å²) < 4.78 is 38.3. The Kier molecular flexibility index (Phi) is 6.43. The second kappa shape index (κ2) is 7.03. The first kappa shape index (κ1) is 16.5. The van der Waals surface area contributed by atoms with Gasteiger partial charge in [-0.3, -0.25) is 9.48 Å². The number of carbonyl (C=O) groups is 1. The van der Waals surface area contributed by atoms with Gasteiger partial charge in [0.2, 0.25) is 5.91 Å². The molecule has 0 aliphatic rings. The van der Waals surface area contributed by atoms with Crippen molar-refractivity contribution in [2.24, 2.45) is 5.73 Å². The summed E-state index contributed by atoms with van der Waals surface area (Å²) in [6, 6.07) is 0. The van der Waals surface area contributed by atoms with E-state index in [1.54, 1.807) is 0 Å². The van der Waals surface area contributed by atoms with Crippen molar-refractivity contribution in [1.82, 2.24) is 9.78 Å². The Labute approximate surface area is 104 Å². The molecule has 18 heavy (non-hydrogen) atoms. The molecule has 0 aromatic carbocycles. The molecular weight excluding hydrogens is 247 g/mol. The monoisotopic (exact) mass is 265 g/mol. The van der Waals surface area contributed by atoms with E-state index in [4.69, 9.17) is 5.73 Å². The maximum absolute atomic E-state index is 12.4. The van der Waals surface area contributed by atoms with Crippen molar-refractivity contribution >= 4 is 5.91 Å². The fraction of sp³-hybridized carbons (Fsp3) is 0.636. The Hall–Kier alpha value is -1.53. The van der Waals surface area contributed by atoms with Crippen LogP contribution in [0.3, 0.4) is 0 Å². The predicted octanol–water partition coefficient (Wildman–Crippen LogP) is 2.50. The van der Waals surface area contributed by atoms with Crippen LogP contribution in [0, 0.1) is 6.92 Å². The number of nitrogens with zero attached hydrogens (tertiary/aromatic N) is 2. The first-order chi connectivity index (χ1) is 8.30. The number of amides is 1. The van der Waals surface area contributed by atoms with E-state index in [0.717, 1.165) is 0 Å². The fourth-order valence-corrected chi connectivity index (χ4v) is 1.33. The van der Waals surface area contributed by atoms with Crippen LogP contribution in [0.1, 0.15) is 37.9 Å². The van der Waals surface area contributed by atoms with Crippen molar-refractivity contribution in [2.45, 2.75) is 46.3 Å². The lowest BCUT2D eigenvalue weighted by Gasteiger charge is -2.02. The maximum Gasteiger partial charge on any atom is 0.435 e. The Balaban J connectivity index is 0.00000137. The topological polar surface area (TPSA) is 60.9 Å². The Morgan fingerprint density at radius 2 is 2.00 bits per heavy atom. The summed E-state index contributed by atoms with van der Waals surface area (Å²) >= 11 is 0. The molecule has 0 bridgehead atoms. The number of carbonyl (C=O) groups excluding carboxylic acids is 1. The lowest BCUT2D eigenvalue weighted by atomic mass is 10.3. The quantitative estimate of drug-likeness (QED) is 0.909. The molecule has 0 aliphatic heterocycles.